The van der Waals surface area contributed by atoms with Gasteiger partial charge in [-0.3, -0.25) is 0 Å². The van der Waals surface area contributed by atoms with E-state index in [2.05, 4.69) is 32.8 Å². The van der Waals surface area contributed by atoms with Crippen molar-refractivity contribution < 1.29 is 0 Å². The highest BCUT2D eigenvalue weighted by molar-refractivity contribution is 7.13. The van der Waals surface area contributed by atoms with Gasteiger partial charge in [0.05, 0.1) is 4.70 Å². The van der Waals surface area contributed by atoms with Crippen LogP contribution in [0.25, 0.3) is 10.1 Å². The van der Waals surface area contributed by atoms with E-state index >= 15 is 0 Å². The Morgan fingerprint density at radius 3 is 3.00 bits per heavy atom. The first-order valence-electron chi connectivity index (χ1n) is 7.17. The minimum atomic E-state index is 0.693. The van der Waals surface area contributed by atoms with Gasteiger partial charge in [-0.15, -0.1) is 0 Å². The summed E-state index contributed by atoms with van der Waals surface area (Å²) in [6, 6.07) is 7.39. The smallest absolute Gasteiger partial charge is 0.0550 e. The quantitative estimate of drug-likeness (QED) is 0.931. The molecule has 0 radical (unpaired) electrons. The minimum Gasteiger partial charge on any atom is -0.308 e. The van der Waals surface area contributed by atoms with Crippen LogP contribution in [0.4, 0.5) is 0 Å². The molecule has 3 aliphatic rings. The van der Waals surface area contributed by atoms with Crippen molar-refractivity contribution in [3.63, 3.8) is 0 Å². The molecule has 0 spiro atoms. The first-order valence-corrected chi connectivity index (χ1v) is 7.95. The van der Waals surface area contributed by atoms with Crippen molar-refractivity contribution >= 4 is 21.6 Å². The number of piperidine rings is 3. The molecule has 4 heteroatoms. The molecule has 1 atom stereocenters. The lowest BCUT2D eigenvalue weighted by molar-refractivity contribution is 0.0720. The number of nitrogens with one attached hydrogen (secondary N) is 1. The molecule has 3 aliphatic heterocycles. The number of fused-ring (bicyclic) bond motifs is 4. The molecule has 1 unspecified atom stereocenters. The van der Waals surface area contributed by atoms with Crippen molar-refractivity contribution in [3.05, 3.63) is 30.0 Å². The second-order valence-electron chi connectivity index (χ2n) is 5.82. The molecule has 1 N–H and O–H groups in total. The molecule has 0 aliphatic carbocycles. The SMILES string of the molecule is c1cc2sncc2cc1CNC1CN2CCC1CC2. The topological polar surface area (TPSA) is 28.2 Å². The maximum Gasteiger partial charge on any atom is 0.0550 e. The molecule has 3 fully saturated rings. The van der Waals surface area contributed by atoms with Crippen molar-refractivity contribution in [2.75, 3.05) is 19.6 Å². The zero-order valence-corrected chi connectivity index (χ0v) is 11.8. The molecule has 100 valence electrons. The van der Waals surface area contributed by atoms with E-state index in [4.69, 9.17) is 0 Å². The highest BCUT2D eigenvalue weighted by Crippen LogP contribution is 2.27. The summed E-state index contributed by atoms with van der Waals surface area (Å²) >= 11 is 1.57. The van der Waals surface area contributed by atoms with E-state index in [1.54, 1.807) is 11.5 Å². The second kappa shape index (κ2) is 4.85. The fourth-order valence-electron chi connectivity index (χ4n) is 3.48. The third-order valence-corrected chi connectivity index (χ3v) is 5.42. The summed E-state index contributed by atoms with van der Waals surface area (Å²) in [6.07, 6.45) is 4.73. The van der Waals surface area contributed by atoms with Crippen LogP contribution in [0, 0.1) is 5.92 Å². The van der Waals surface area contributed by atoms with Crippen molar-refractivity contribution in [2.24, 2.45) is 5.92 Å². The molecule has 2 aromatic rings. The monoisotopic (exact) mass is 273 g/mol. The van der Waals surface area contributed by atoms with Crippen molar-refractivity contribution in [3.8, 4) is 0 Å². The summed E-state index contributed by atoms with van der Waals surface area (Å²) < 4.78 is 5.52. The number of hydrogen-bond acceptors (Lipinski definition) is 4. The number of rotatable bonds is 3. The van der Waals surface area contributed by atoms with E-state index in [-0.39, 0.29) is 0 Å². The van der Waals surface area contributed by atoms with Crippen LogP contribution in [-0.2, 0) is 6.54 Å². The van der Waals surface area contributed by atoms with Gasteiger partial charge in [0.25, 0.3) is 0 Å². The number of aromatic nitrogens is 1. The Labute approximate surface area is 117 Å². The fourth-order valence-corrected chi connectivity index (χ4v) is 4.10. The first-order chi connectivity index (χ1) is 9.38. The van der Waals surface area contributed by atoms with Crippen molar-refractivity contribution in [2.45, 2.75) is 25.4 Å². The van der Waals surface area contributed by atoms with E-state index in [1.807, 2.05) is 6.20 Å². The first kappa shape index (κ1) is 11.8. The van der Waals surface area contributed by atoms with Gasteiger partial charge in [0, 0.05) is 30.7 Å². The summed E-state index contributed by atoms with van der Waals surface area (Å²) in [5, 5.41) is 5.04. The standard InChI is InChI=1S/C15H19N3S/c1-2-15-13(9-17-19-15)7-11(1)8-16-14-10-18-5-3-12(14)4-6-18/h1-2,7,9,12,14,16H,3-6,8,10H2. The Balaban J connectivity index is 1.44. The van der Waals surface area contributed by atoms with Crippen LogP contribution in [0.3, 0.4) is 0 Å². The van der Waals surface area contributed by atoms with Gasteiger partial charge in [0.1, 0.15) is 0 Å². The minimum absolute atomic E-state index is 0.693. The van der Waals surface area contributed by atoms with Crippen LogP contribution in [0.5, 0.6) is 0 Å². The predicted molar refractivity (Wildman–Crippen MR) is 79.4 cm³/mol. The normalized spacial score (nSPS) is 30.0. The largest absolute Gasteiger partial charge is 0.308 e. The number of hydrogen-bond donors (Lipinski definition) is 1. The van der Waals surface area contributed by atoms with Crippen LogP contribution < -0.4 is 5.32 Å². The highest BCUT2D eigenvalue weighted by atomic mass is 32.1. The van der Waals surface area contributed by atoms with Gasteiger partial charge in [0.15, 0.2) is 0 Å². The maximum absolute atomic E-state index is 4.24. The fraction of sp³-hybridized carbons (Fsp3) is 0.533. The van der Waals surface area contributed by atoms with Crippen LogP contribution >= 0.6 is 11.5 Å². The molecule has 2 bridgehead atoms. The van der Waals surface area contributed by atoms with Gasteiger partial charge in [-0.05, 0) is 61.1 Å². The summed E-state index contributed by atoms with van der Waals surface area (Å²) in [5.41, 5.74) is 1.38. The summed E-state index contributed by atoms with van der Waals surface area (Å²) in [5.74, 6) is 0.900. The van der Waals surface area contributed by atoms with E-state index < -0.39 is 0 Å². The van der Waals surface area contributed by atoms with Gasteiger partial charge in [-0.2, -0.15) is 4.37 Å². The summed E-state index contributed by atoms with van der Waals surface area (Å²) in [4.78, 5) is 2.60. The number of benzene rings is 1. The molecule has 5 rings (SSSR count). The highest BCUT2D eigenvalue weighted by Gasteiger charge is 2.33. The molecule has 19 heavy (non-hydrogen) atoms. The molecule has 3 nitrogen and oxygen atoms in total. The van der Waals surface area contributed by atoms with E-state index in [1.165, 1.54) is 48.1 Å². The third kappa shape index (κ3) is 2.29. The van der Waals surface area contributed by atoms with Crippen molar-refractivity contribution in [1.82, 2.24) is 14.6 Å². The Kier molecular flexibility index (Phi) is 3.02. The molecular formula is C15H19N3S. The molecule has 0 saturated carbocycles. The Bertz CT molecular complexity index is 572. The molecule has 1 aromatic heterocycles. The zero-order chi connectivity index (χ0) is 12.7. The van der Waals surface area contributed by atoms with Crippen LogP contribution in [0.2, 0.25) is 0 Å². The maximum atomic E-state index is 4.24. The molecule has 0 amide bonds. The summed E-state index contributed by atoms with van der Waals surface area (Å²) in [7, 11) is 0. The average Bonchev–Trinajstić information content (AvgIpc) is 2.94. The molecule has 4 heterocycles. The van der Waals surface area contributed by atoms with Crippen LogP contribution in [-0.4, -0.2) is 34.9 Å². The van der Waals surface area contributed by atoms with Gasteiger partial charge in [0.2, 0.25) is 0 Å². The Morgan fingerprint density at radius 1 is 1.32 bits per heavy atom. The molecule has 3 saturated heterocycles. The Morgan fingerprint density at radius 2 is 2.21 bits per heavy atom. The van der Waals surface area contributed by atoms with Gasteiger partial charge < -0.3 is 10.2 Å². The average molecular weight is 273 g/mol. The van der Waals surface area contributed by atoms with Gasteiger partial charge >= 0.3 is 0 Å². The van der Waals surface area contributed by atoms with E-state index in [0.29, 0.717) is 6.04 Å². The summed E-state index contributed by atoms with van der Waals surface area (Å²) in [6.45, 7) is 4.86. The predicted octanol–water partition coefficient (Wildman–Crippen LogP) is 2.48. The lowest BCUT2D eigenvalue weighted by atomic mass is 9.84. The zero-order valence-electron chi connectivity index (χ0n) is 11.0. The lowest BCUT2D eigenvalue weighted by Gasteiger charge is -2.45. The van der Waals surface area contributed by atoms with Crippen molar-refractivity contribution in [1.29, 1.82) is 0 Å². The third-order valence-electron chi connectivity index (χ3n) is 4.64. The van der Waals surface area contributed by atoms with Gasteiger partial charge in [-0.25, -0.2) is 0 Å². The van der Waals surface area contributed by atoms with Crippen LogP contribution in [0.15, 0.2) is 24.4 Å². The van der Waals surface area contributed by atoms with Gasteiger partial charge in [-0.1, -0.05) is 6.07 Å². The molecule has 1 aromatic carbocycles. The second-order valence-corrected chi connectivity index (χ2v) is 6.66. The van der Waals surface area contributed by atoms with Crippen LogP contribution in [0.1, 0.15) is 18.4 Å². The molecular weight excluding hydrogens is 254 g/mol. The lowest BCUT2D eigenvalue weighted by Crippen LogP contribution is -2.55. The van der Waals surface area contributed by atoms with E-state index in [9.17, 15) is 0 Å². The Hall–Kier alpha value is -0.970. The van der Waals surface area contributed by atoms with E-state index in [0.717, 1.165) is 12.5 Å². The number of nitrogens with zero attached hydrogens (tertiary/aromatic N) is 2.